The van der Waals surface area contributed by atoms with Crippen molar-refractivity contribution in [3.63, 3.8) is 0 Å². The topological polar surface area (TPSA) is 39.1 Å². The quantitative estimate of drug-likeness (QED) is 0.797. The second kappa shape index (κ2) is 5.95. The van der Waals surface area contributed by atoms with E-state index in [0.29, 0.717) is 0 Å². The Morgan fingerprint density at radius 1 is 1.53 bits per heavy atom. The Hall–Kier alpha value is -1.17. The molecule has 2 rings (SSSR count). The average Bonchev–Trinajstić information content (AvgIpc) is 2.93. The minimum atomic E-state index is 0.730. The Morgan fingerprint density at radius 2 is 2.41 bits per heavy atom. The van der Waals surface area contributed by atoms with E-state index in [1.54, 1.807) is 18.4 Å². The van der Waals surface area contributed by atoms with Crippen LogP contribution < -0.4 is 5.32 Å². The van der Waals surface area contributed by atoms with Gasteiger partial charge < -0.3 is 10.1 Å². The molecule has 5 heteroatoms. The van der Waals surface area contributed by atoms with Gasteiger partial charge in [0.1, 0.15) is 0 Å². The molecule has 2 aromatic heterocycles. The van der Waals surface area contributed by atoms with E-state index < -0.39 is 0 Å². The highest BCUT2D eigenvalue weighted by atomic mass is 32.1. The first-order valence-corrected chi connectivity index (χ1v) is 6.50. The second-order valence-corrected chi connectivity index (χ2v) is 4.64. The van der Waals surface area contributed by atoms with E-state index in [1.807, 2.05) is 11.7 Å². The zero-order valence-corrected chi connectivity index (χ0v) is 11.0. The minimum absolute atomic E-state index is 0.730. The molecule has 0 amide bonds. The van der Waals surface area contributed by atoms with Crippen LogP contribution >= 0.6 is 11.3 Å². The van der Waals surface area contributed by atoms with Crippen LogP contribution in [-0.2, 0) is 18.3 Å². The van der Waals surface area contributed by atoms with Gasteiger partial charge in [0, 0.05) is 50.0 Å². The van der Waals surface area contributed by atoms with Gasteiger partial charge in [-0.2, -0.15) is 16.4 Å². The van der Waals surface area contributed by atoms with E-state index in [1.165, 1.54) is 11.1 Å². The van der Waals surface area contributed by atoms with Crippen LogP contribution in [0.15, 0.2) is 23.0 Å². The summed E-state index contributed by atoms with van der Waals surface area (Å²) in [5, 5.41) is 12.0. The number of nitrogens with zero attached hydrogens (tertiary/aromatic N) is 2. The summed E-state index contributed by atoms with van der Waals surface area (Å²) >= 11 is 1.69. The number of thiophene rings is 1. The smallest absolute Gasteiger partial charge is 0.0976 e. The van der Waals surface area contributed by atoms with Gasteiger partial charge >= 0.3 is 0 Å². The van der Waals surface area contributed by atoms with Crippen molar-refractivity contribution in [1.29, 1.82) is 0 Å². The fourth-order valence-electron chi connectivity index (χ4n) is 1.71. The third-order valence-electron chi connectivity index (χ3n) is 2.50. The van der Waals surface area contributed by atoms with Crippen LogP contribution in [0.2, 0.25) is 0 Å². The fourth-order valence-corrected chi connectivity index (χ4v) is 2.35. The van der Waals surface area contributed by atoms with Crippen molar-refractivity contribution in [3.8, 4) is 11.3 Å². The molecule has 0 unspecified atom stereocenters. The maximum Gasteiger partial charge on any atom is 0.0976 e. The highest BCUT2D eigenvalue weighted by Crippen LogP contribution is 2.23. The predicted octanol–water partition coefficient (Wildman–Crippen LogP) is 1.88. The zero-order chi connectivity index (χ0) is 12.1. The monoisotopic (exact) mass is 251 g/mol. The number of nitrogens with one attached hydrogen (secondary N) is 1. The molecule has 92 valence electrons. The standard InChI is InChI=1S/C12H17N3OS/c1-15-8-11(7-13-4-5-16-2)12(14-15)10-3-6-17-9-10/h3,6,8-9,13H,4-5,7H2,1-2H3. The summed E-state index contributed by atoms with van der Waals surface area (Å²) in [6, 6.07) is 2.10. The van der Waals surface area contributed by atoms with E-state index in [9.17, 15) is 0 Å². The summed E-state index contributed by atoms with van der Waals surface area (Å²) < 4.78 is 6.87. The first-order valence-electron chi connectivity index (χ1n) is 5.56. The lowest BCUT2D eigenvalue weighted by atomic mass is 10.1. The van der Waals surface area contributed by atoms with Crippen LogP contribution in [0, 0.1) is 0 Å². The molecule has 0 aromatic carbocycles. The summed E-state index contributed by atoms with van der Waals surface area (Å²) in [5.41, 5.74) is 3.49. The summed E-state index contributed by atoms with van der Waals surface area (Å²) in [7, 11) is 3.66. The van der Waals surface area contributed by atoms with E-state index in [-0.39, 0.29) is 0 Å². The van der Waals surface area contributed by atoms with E-state index in [0.717, 1.165) is 25.4 Å². The van der Waals surface area contributed by atoms with Gasteiger partial charge in [-0.3, -0.25) is 4.68 Å². The van der Waals surface area contributed by atoms with Crippen molar-refractivity contribution in [2.75, 3.05) is 20.3 Å². The first kappa shape index (κ1) is 12.3. The highest BCUT2D eigenvalue weighted by Gasteiger charge is 2.09. The molecule has 2 heterocycles. The molecule has 0 saturated carbocycles. The Bertz CT molecular complexity index is 450. The van der Waals surface area contributed by atoms with Crippen molar-refractivity contribution in [2.45, 2.75) is 6.54 Å². The number of methoxy groups -OCH3 is 1. The number of hydrogen-bond acceptors (Lipinski definition) is 4. The number of aromatic nitrogens is 2. The van der Waals surface area contributed by atoms with Gasteiger partial charge in [0.2, 0.25) is 0 Å². The molecule has 4 nitrogen and oxygen atoms in total. The maximum absolute atomic E-state index is 5.01. The van der Waals surface area contributed by atoms with Gasteiger partial charge in [-0.25, -0.2) is 0 Å². The minimum Gasteiger partial charge on any atom is -0.383 e. The van der Waals surface area contributed by atoms with E-state index >= 15 is 0 Å². The van der Waals surface area contributed by atoms with Crippen LogP contribution in [0.25, 0.3) is 11.3 Å². The van der Waals surface area contributed by atoms with Crippen molar-refractivity contribution >= 4 is 11.3 Å². The Morgan fingerprint density at radius 3 is 3.12 bits per heavy atom. The molecule has 1 N–H and O–H groups in total. The van der Waals surface area contributed by atoms with Gasteiger partial charge in [0.25, 0.3) is 0 Å². The molecule has 0 aliphatic heterocycles. The summed E-state index contributed by atoms with van der Waals surface area (Å²) in [6.07, 6.45) is 2.06. The number of rotatable bonds is 6. The molecule has 0 saturated heterocycles. The molecule has 0 bridgehead atoms. The van der Waals surface area contributed by atoms with E-state index in [2.05, 4.69) is 33.4 Å². The SMILES string of the molecule is COCCNCc1cn(C)nc1-c1ccsc1. The molecule has 0 spiro atoms. The maximum atomic E-state index is 5.01. The van der Waals surface area contributed by atoms with Crippen LogP contribution in [-0.4, -0.2) is 30.0 Å². The molecule has 0 radical (unpaired) electrons. The lowest BCUT2D eigenvalue weighted by molar-refractivity contribution is 0.199. The molecule has 0 aliphatic carbocycles. The zero-order valence-electron chi connectivity index (χ0n) is 10.1. The van der Waals surface area contributed by atoms with Gasteiger partial charge in [-0.05, 0) is 11.4 Å². The molecule has 0 atom stereocenters. The van der Waals surface area contributed by atoms with Crippen molar-refractivity contribution in [3.05, 3.63) is 28.6 Å². The Balaban J connectivity index is 2.06. The van der Waals surface area contributed by atoms with Gasteiger partial charge in [0.15, 0.2) is 0 Å². The lowest BCUT2D eigenvalue weighted by Gasteiger charge is -2.03. The normalized spacial score (nSPS) is 10.9. The largest absolute Gasteiger partial charge is 0.383 e. The third kappa shape index (κ3) is 3.15. The average molecular weight is 251 g/mol. The van der Waals surface area contributed by atoms with Crippen LogP contribution in [0.5, 0.6) is 0 Å². The molecule has 0 aliphatic rings. The predicted molar refractivity (Wildman–Crippen MR) is 70.1 cm³/mol. The first-order chi connectivity index (χ1) is 8.31. The van der Waals surface area contributed by atoms with Gasteiger partial charge in [0.05, 0.1) is 12.3 Å². The number of hydrogen-bond donors (Lipinski definition) is 1. The lowest BCUT2D eigenvalue weighted by Crippen LogP contribution is -2.18. The second-order valence-electron chi connectivity index (χ2n) is 3.86. The van der Waals surface area contributed by atoms with Crippen molar-refractivity contribution in [2.24, 2.45) is 7.05 Å². The number of ether oxygens (including phenoxy) is 1. The summed E-state index contributed by atoms with van der Waals surface area (Å²) in [4.78, 5) is 0. The van der Waals surface area contributed by atoms with Crippen LogP contribution in [0.4, 0.5) is 0 Å². The fraction of sp³-hybridized carbons (Fsp3) is 0.417. The third-order valence-corrected chi connectivity index (χ3v) is 3.18. The van der Waals surface area contributed by atoms with Gasteiger partial charge in [-0.15, -0.1) is 0 Å². The Labute approximate surface area is 105 Å². The summed E-state index contributed by atoms with van der Waals surface area (Å²) in [5.74, 6) is 0. The molecule has 0 fully saturated rings. The van der Waals surface area contributed by atoms with Gasteiger partial charge in [-0.1, -0.05) is 0 Å². The van der Waals surface area contributed by atoms with E-state index in [4.69, 9.17) is 4.74 Å². The van der Waals surface area contributed by atoms with Crippen molar-refractivity contribution in [1.82, 2.24) is 15.1 Å². The molecular formula is C12H17N3OS. The Kier molecular flexibility index (Phi) is 4.30. The van der Waals surface area contributed by atoms with Crippen molar-refractivity contribution < 1.29 is 4.74 Å². The summed E-state index contributed by atoms with van der Waals surface area (Å²) in [6.45, 7) is 2.41. The molecule has 2 aromatic rings. The molecule has 17 heavy (non-hydrogen) atoms. The van der Waals surface area contributed by atoms with Crippen LogP contribution in [0.3, 0.4) is 0 Å². The number of aryl methyl sites for hydroxylation is 1. The molecular weight excluding hydrogens is 234 g/mol. The van der Waals surface area contributed by atoms with Crippen LogP contribution in [0.1, 0.15) is 5.56 Å². The highest BCUT2D eigenvalue weighted by molar-refractivity contribution is 7.08.